The van der Waals surface area contributed by atoms with E-state index in [2.05, 4.69) is 49.4 Å². The van der Waals surface area contributed by atoms with Crippen LogP contribution in [0.25, 0.3) is 11.3 Å². The Morgan fingerprint density at radius 3 is 2.38 bits per heavy atom. The summed E-state index contributed by atoms with van der Waals surface area (Å²) >= 11 is 12.5. The summed E-state index contributed by atoms with van der Waals surface area (Å²) in [4.78, 5) is 39.5. The lowest BCUT2D eigenvalue weighted by atomic mass is 9.62. The quantitative estimate of drug-likeness (QED) is 0.0444. The Morgan fingerprint density at radius 1 is 0.924 bits per heavy atom. The van der Waals surface area contributed by atoms with E-state index in [9.17, 15) is 14.9 Å². The van der Waals surface area contributed by atoms with Crippen molar-refractivity contribution < 1.29 is 37.3 Å². The molecule has 1 aliphatic heterocycles. The Hall–Kier alpha value is -6.72. The number of nitriles is 1. The summed E-state index contributed by atoms with van der Waals surface area (Å²) in [6.45, 7) is 8.45. The molecule has 418 valence electrons. The van der Waals surface area contributed by atoms with Crippen molar-refractivity contribution in [2.24, 2.45) is 5.41 Å². The van der Waals surface area contributed by atoms with Crippen molar-refractivity contribution in [3.05, 3.63) is 147 Å². The van der Waals surface area contributed by atoms with Crippen LogP contribution in [0.4, 0.5) is 26.2 Å². The zero-order valence-corrected chi connectivity index (χ0v) is 46.8. The molecule has 2 aliphatic rings. The molecule has 79 heavy (non-hydrogen) atoms. The van der Waals surface area contributed by atoms with E-state index in [0.717, 1.165) is 48.8 Å². The van der Waals surface area contributed by atoms with Crippen LogP contribution < -0.4 is 30.9 Å². The number of amides is 2. The molecule has 0 spiro atoms. The second-order valence-corrected chi connectivity index (χ2v) is 22.1. The molecule has 16 nitrogen and oxygen atoms in total. The van der Waals surface area contributed by atoms with Gasteiger partial charge < -0.3 is 45.1 Å². The van der Waals surface area contributed by atoms with Crippen molar-refractivity contribution in [3.8, 4) is 23.1 Å². The lowest BCUT2D eigenvalue weighted by Gasteiger charge is -2.37. The first-order chi connectivity index (χ1) is 38.0. The van der Waals surface area contributed by atoms with Gasteiger partial charge in [-0.3, -0.25) is 9.59 Å². The highest BCUT2D eigenvalue weighted by atomic mass is 35.5. The van der Waals surface area contributed by atoms with Crippen LogP contribution in [0.15, 0.2) is 103 Å². The average Bonchev–Trinajstić information content (AvgIpc) is 3.51. The van der Waals surface area contributed by atoms with Gasteiger partial charge in [-0.2, -0.15) is 10.4 Å². The fourth-order valence-electron chi connectivity index (χ4n) is 10.7. The van der Waals surface area contributed by atoms with Crippen LogP contribution in [-0.4, -0.2) is 117 Å². The van der Waals surface area contributed by atoms with E-state index < -0.39 is 52.3 Å². The first kappa shape index (κ1) is 58.4. The Bertz CT molecular complexity index is 3090. The van der Waals surface area contributed by atoms with Crippen LogP contribution in [0, 0.1) is 28.4 Å². The lowest BCUT2D eigenvalue weighted by molar-refractivity contribution is -0.118. The highest BCUT2D eigenvalue weighted by Crippen LogP contribution is 2.53. The van der Waals surface area contributed by atoms with Gasteiger partial charge in [0.2, 0.25) is 11.9 Å². The topological polar surface area (TPSA) is 190 Å². The number of hydrogen-bond acceptors (Lipinski definition) is 13. The zero-order chi connectivity index (χ0) is 56.3. The standard InChI is InChI=1S/C59H68Cl2F2N10O6/c1-58(2,3)33-50-59(36-64,44-21-16-39(60)32-46(44)62)51(42-13-10-14-45(61)52(42)63)53(71-50)55(75)69-48-31-38(15-22-49(48)76-6)54(74)65-25-26-77-27-28-78-29-30-79-41-19-17-40(18-20-41)68-57-66-24-23-47(70-57)43-34-67-73(56(43)72(4)5)35-37-11-8-7-9-12-37/h7-16,21-24,31-32,34,40-41,50-51,53,71H,17-20,25-30,33,35H2,1-6H3,(H,65,74)(H,69,75)(H,66,68,70)/t40?,41?,50-,51-,53+,59-/m0/s1. The molecule has 4 aromatic carbocycles. The monoisotopic (exact) mass is 1120 g/mol. The summed E-state index contributed by atoms with van der Waals surface area (Å²) in [7, 11) is 5.43. The molecule has 8 rings (SSSR count). The zero-order valence-electron chi connectivity index (χ0n) is 45.3. The molecular weight excluding hydrogens is 1050 g/mol. The number of nitrogens with zero attached hydrogens (tertiary/aromatic N) is 6. The van der Waals surface area contributed by atoms with Gasteiger partial charge in [0.05, 0.1) is 93.1 Å². The molecule has 2 aromatic heterocycles. The maximum atomic E-state index is 16.2. The fourth-order valence-corrected chi connectivity index (χ4v) is 11.0. The van der Waals surface area contributed by atoms with E-state index in [1.54, 1.807) is 12.3 Å². The number of hydrogen-bond donors (Lipinski definition) is 4. The van der Waals surface area contributed by atoms with E-state index >= 15 is 8.78 Å². The number of nitrogens with one attached hydrogen (secondary N) is 4. The summed E-state index contributed by atoms with van der Waals surface area (Å²) in [5.41, 5.74) is 0.892. The first-order valence-corrected chi connectivity index (χ1v) is 27.2. The van der Waals surface area contributed by atoms with Gasteiger partial charge in [-0.1, -0.05) is 92.5 Å². The third-order valence-corrected chi connectivity index (χ3v) is 14.8. The number of carbonyl (C=O) groups excluding carboxylic acids is 2. The molecule has 2 amide bonds. The number of methoxy groups -OCH3 is 1. The van der Waals surface area contributed by atoms with Crippen molar-refractivity contribution in [1.29, 1.82) is 5.26 Å². The Kier molecular flexibility index (Phi) is 19.6. The number of aromatic nitrogens is 4. The maximum absolute atomic E-state index is 16.2. The smallest absolute Gasteiger partial charge is 0.251 e. The molecule has 2 fully saturated rings. The Balaban J connectivity index is 0.776. The average molecular weight is 1120 g/mol. The lowest BCUT2D eigenvalue weighted by Crippen LogP contribution is -2.45. The SMILES string of the molecule is COc1ccc(C(=O)NCCOCCOCCOC2CCC(Nc3nccc(-c4cnn(Cc5ccccc5)c4N(C)C)n3)CC2)cc1NC(=O)[C@@H]1N[C@@H](CC(C)(C)C)[C@](C#N)(c2ccc(Cl)cc2F)[C@H]1c1cccc(Cl)c1F. The highest BCUT2D eigenvalue weighted by Gasteiger charge is 2.61. The van der Waals surface area contributed by atoms with E-state index in [0.29, 0.717) is 38.9 Å². The first-order valence-electron chi connectivity index (χ1n) is 26.5. The molecule has 0 unspecified atom stereocenters. The predicted octanol–water partition coefficient (Wildman–Crippen LogP) is 10.2. The molecule has 6 aromatic rings. The van der Waals surface area contributed by atoms with Gasteiger partial charge in [0.25, 0.3) is 5.91 Å². The number of ether oxygens (including phenoxy) is 4. The molecule has 0 bridgehead atoms. The number of benzene rings is 4. The van der Waals surface area contributed by atoms with Gasteiger partial charge in [0, 0.05) is 61.0 Å². The number of carbonyl (C=O) groups is 2. The third kappa shape index (κ3) is 14.2. The summed E-state index contributed by atoms with van der Waals surface area (Å²) < 4.78 is 57.5. The Labute approximate surface area is 470 Å². The minimum atomic E-state index is -1.83. The molecule has 4 atom stereocenters. The molecule has 3 heterocycles. The summed E-state index contributed by atoms with van der Waals surface area (Å²) in [6, 6.07) is 25.4. The minimum absolute atomic E-state index is 0.0487. The van der Waals surface area contributed by atoms with Crippen molar-refractivity contribution in [2.45, 2.75) is 95.0 Å². The summed E-state index contributed by atoms with van der Waals surface area (Å²) in [5, 5.41) is 28.3. The minimum Gasteiger partial charge on any atom is -0.495 e. The van der Waals surface area contributed by atoms with Crippen LogP contribution >= 0.6 is 23.2 Å². The van der Waals surface area contributed by atoms with E-state index in [4.69, 9.17) is 52.2 Å². The van der Waals surface area contributed by atoms with Crippen LogP contribution in [0.5, 0.6) is 5.75 Å². The van der Waals surface area contributed by atoms with Gasteiger partial charge in [-0.25, -0.2) is 23.4 Å². The van der Waals surface area contributed by atoms with Crippen molar-refractivity contribution in [3.63, 3.8) is 0 Å². The highest BCUT2D eigenvalue weighted by molar-refractivity contribution is 6.31. The van der Waals surface area contributed by atoms with Gasteiger partial charge in [-0.05, 0) is 91.1 Å². The summed E-state index contributed by atoms with van der Waals surface area (Å²) in [5.74, 6) is -2.25. The summed E-state index contributed by atoms with van der Waals surface area (Å²) in [6.07, 6.45) is 7.71. The maximum Gasteiger partial charge on any atom is 0.251 e. The van der Waals surface area contributed by atoms with Crippen molar-refractivity contribution in [2.75, 3.05) is 76.3 Å². The van der Waals surface area contributed by atoms with E-state index in [1.165, 1.54) is 55.1 Å². The van der Waals surface area contributed by atoms with E-state index in [1.807, 2.05) is 70.0 Å². The van der Waals surface area contributed by atoms with Crippen LogP contribution in [-0.2, 0) is 31.0 Å². The van der Waals surface area contributed by atoms with Crippen molar-refractivity contribution >= 4 is 52.5 Å². The van der Waals surface area contributed by atoms with Crippen LogP contribution in [0.3, 0.4) is 0 Å². The molecule has 1 aliphatic carbocycles. The van der Waals surface area contributed by atoms with Gasteiger partial charge >= 0.3 is 0 Å². The van der Waals surface area contributed by atoms with Gasteiger partial charge in [-0.15, -0.1) is 0 Å². The molecule has 1 saturated heterocycles. The number of anilines is 3. The number of rotatable bonds is 23. The molecular formula is C59H68Cl2F2N10O6. The van der Waals surface area contributed by atoms with Gasteiger partial charge in [0.1, 0.15) is 28.6 Å². The molecule has 4 N–H and O–H groups in total. The number of halogens is 4. The predicted molar refractivity (Wildman–Crippen MR) is 302 cm³/mol. The molecule has 20 heteroatoms. The molecule has 1 saturated carbocycles. The normalized spacial score (nSPS) is 20.1. The second kappa shape index (κ2) is 26.5. The fraction of sp³-hybridized carbons (Fsp3) is 0.424. The van der Waals surface area contributed by atoms with Crippen LogP contribution in [0.2, 0.25) is 10.0 Å². The van der Waals surface area contributed by atoms with Gasteiger partial charge in [0.15, 0.2) is 0 Å². The van der Waals surface area contributed by atoms with Crippen molar-refractivity contribution in [1.82, 2.24) is 30.4 Å². The second-order valence-electron chi connectivity index (χ2n) is 21.2. The Morgan fingerprint density at radius 2 is 1.67 bits per heavy atom. The third-order valence-electron chi connectivity index (χ3n) is 14.3. The largest absolute Gasteiger partial charge is 0.495 e. The molecule has 0 radical (unpaired) electrons. The van der Waals surface area contributed by atoms with Crippen LogP contribution in [0.1, 0.15) is 85.8 Å². The van der Waals surface area contributed by atoms with E-state index in [-0.39, 0.29) is 69.9 Å².